The zero-order valence-corrected chi connectivity index (χ0v) is 18.8. The molecule has 2 fully saturated rings. The van der Waals surface area contributed by atoms with E-state index in [9.17, 15) is 0 Å². The summed E-state index contributed by atoms with van der Waals surface area (Å²) in [6.07, 6.45) is 9.62. The van der Waals surface area contributed by atoms with Gasteiger partial charge in [-0.25, -0.2) is 0 Å². The minimum Gasteiger partial charge on any atom is -0.491 e. The number of aliphatic imine (C=N–C) groups is 1. The Hall–Kier alpha value is -2.54. The molecule has 2 N–H and O–H groups in total. The molecule has 7 nitrogen and oxygen atoms in total. The minimum absolute atomic E-state index is 0.208. The molecule has 1 saturated carbocycles. The van der Waals surface area contributed by atoms with Crippen molar-refractivity contribution in [3.63, 3.8) is 0 Å². The molecule has 168 valence electrons. The Kier molecular flexibility index (Phi) is 7.46. The van der Waals surface area contributed by atoms with Gasteiger partial charge in [0.1, 0.15) is 12.4 Å². The monoisotopic (exact) mass is 425 g/mol. The van der Waals surface area contributed by atoms with Gasteiger partial charge >= 0.3 is 0 Å². The maximum absolute atomic E-state index is 6.11. The molecule has 1 aromatic carbocycles. The summed E-state index contributed by atoms with van der Waals surface area (Å²) in [6, 6.07) is 8.99. The van der Waals surface area contributed by atoms with E-state index in [1.54, 1.807) is 7.05 Å². The van der Waals surface area contributed by atoms with Gasteiger partial charge < -0.3 is 20.1 Å². The first-order chi connectivity index (χ1) is 15.2. The second kappa shape index (κ2) is 10.7. The lowest BCUT2D eigenvalue weighted by Gasteiger charge is -2.17. The third-order valence-corrected chi connectivity index (χ3v) is 6.14. The van der Waals surface area contributed by atoms with Gasteiger partial charge in [0, 0.05) is 32.0 Å². The van der Waals surface area contributed by atoms with Gasteiger partial charge in [-0.1, -0.05) is 25.0 Å². The molecule has 2 heterocycles. The average Bonchev–Trinajstić information content (AvgIpc) is 3.55. The summed E-state index contributed by atoms with van der Waals surface area (Å²) in [4.78, 5) is 4.36. The van der Waals surface area contributed by atoms with E-state index in [4.69, 9.17) is 14.6 Å². The third-order valence-electron chi connectivity index (χ3n) is 6.14. The van der Waals surface area contributed by atoms with Crippen molar-refractivity contribution in [1.82, 2.24) is 20.4 Å². The van der Waals surface area contributed by atoms with Gasteiger partial charge in [0.2, 0.25) is 0 Å². The number of benzene rings is 1. The van der Waals surface area contributed by atoms with Crippen LogP contribution in [0.25, 0.3) is 0 Å². The maximum Gasteiger partial charge on any atom is 0.191 e. The number of nitrogens with one attached hydrogen (secondary N) is 2. The highest BCUT2D eigenvalue weighted by atomic mass is 16.5. The van der Waals surface area contributed by atoms with Crippen LogP contribution >= 0.6 is 0 Å². The number of hydrogen-bond donors (Lipinski definition) is 2. The second-order valence-corrected chi connectivity index (χ2v) is 8.56. The van der Waals surface area contributed by atoms with E-state index >= 15 is 0 Å². The molecule has 7 heteroatoms. The first-order valence-corrected chi connectivity index (χ1v) is 11.5. The number of aryl methyl sites for hydroxylation is 1. The smallest absolute Gasteiger partial charge is 0.191 e. The van der Waals surface area contributed by atoms with Crippen molar-refractivity contribution in [2.24, 2.45) is 4.99 Å². The molecule has 1 unspecified atom stereocenters. The molecule has 1 atom stereocenters. The fourth-order valence-corrected chi connectivity index (χ4v) is 4.32. The summed E-state index contributed by atoms with van der Waals surface area (Å²) in [6.45, 7) is 4.82. The van der Waals surface area contributed by atoms with E-state index in [-0.39, 0.29) is 6.10 Å². The number of guanidine groups is 1. The van der Waals surface area contributed by atoms with Crippen LogP contribution in [-0.4, -0.2) is 42.1 Å². The number of ether oxygens (including phenoxy) is 2. The molecule has 1 saturated heterocycles. The van der Waals surface area contributed by atoms with Crippen molar-refractivity contribution in [1.29, 1.82) is 0 Å². The Balaban J connectivity index is 1.29. The first-order valence-electron chi connectivity index (χ1n) is 11.5. The van der Waals surface area contributed by atoms with E-state index in [0.29, 0.717) is 25.7 Å². The standard InChI is InChI=1S/C24H35N5O2/c1-18-9-10-19(23(14-18)31-17-22-8-5-13-30-22)15-26-24(25-2)27-16-20-11-12-29(28-20)21-6-3-4-7-21/h9-12,14,21-22H,3-8,13,15-17H2,1-2H3,(H2,25,26,27). The fourth-order valence-electron chi connectivity index (χ4n) is 4.32. The van der Waals surface area contributed by atoms with Crippen molar-refractivity contribution in [2.75, 3.05) is 20.3 Å². The Morgan fingerprint density at radius 2 is 2.00 bits per heavy atom. The second-order valence-electron chi connectivity index (χ2n) is 8.56. The number of nitrogens with zero attached hydrogens (tertiary/aromatic N) is 3. The zero-order chi connectivity index (χ0) is 21.5. The van der Waals surface area contributed by atoms with Gasteiger partial charge in [0.25, 0.3) is 0 Å². The Morgan fingerprint density at radius 1 is 1.16 bits per heavy atom. The van der Waals surface area contributed by atoms with Crippen LogP contribution in [0.4, 0.5) is 0 Å². The molecule has 4 rings (SSSR count). The normalized spacial score (nSPS) is 19.7. The minimum atomic E-state index is 0.208. The van der Waals surface area contributed by atoms with Crippen LogP contribution in [0.5, 0.6) is 5.75 Å². The Labute approximate surface area is 185 Å². The molecule has 0 bridgehead atoms. The highest BCUT2D eigenvalue weighted by Gasteiger charge is 2.18. The molecular weight excluding hydrogens is 390 g/mol. The van der Waals surface area contributed by atoms with E-state index < -0.39 is 0 Å². The van der Waals surface area contributed by atoms with Gasteiger partial charge in [-0.15, -0.1) is 0 Å². The highest BCUT2D eigenvalue weighted by Crippen LogP contribution is 2.28. The lowest BCUT2D eigenvalue weighted by atomic mass is 10.1. The molecular formula is C24H35N5O2. The molecule has 1 aliphatic heterocycles. The van der Waals surface area contributed by atoms with Crippen molar-refractivity contribution < 1.29 is 9.47 Å². The lowest BCUT2D eigenvalue weighted by Crippen LogP contribution is -2.36. The number of hydrogen-bond acceptors (Lipinski definition) is 4. The van der Waals surface area contributed by atoms with E-state index in [2.05, 4.69) is 57.7 Å². The van der Waals surface area contributed by atoms with Crippen LogP contribution in [0.15, 0.2) is 35.5 Å². The lowest BCUT2D eigenvalue weighted by molar-refractivity contribution is 0.0676. The number of aromatic nitrogens is 2. The Bertz CT molecular complexity index is 867. The summed E-state index contributed by atoms with van der Waals surface area (Å²) in [5.74, 6) is 1.66. The van der Waals surface area contributed by atoms with Crippen LogP contribution in [0, 0.1) is 6.92 Å². The summed E-state index contributed by atoms with van der Waals surface area (Å²) >= 11 is 0. The zero-order valence-electron chi connectivity index (χ0n) is 18.8. The predicted molar refractivity (Wildman–Crippen MR) is 122 cm³/mol. The van der Waals surface area contributed by atoms with Crippen LogP contribution in [0.1, 0.15) is 61.4 Å². The van der Waals surface area contributed by atoms with Gasteiger partial charge in [-0.2, -0.15) is 5.10 Å². The van der Waals surface area contributed by atoms with Gasteiger partial charge in [-0.3, -0.25) is 9.67 Å². The molecule has 1 aromatic heterocycles. The van der Waals surface area contributed by atoms with Crippen molar-refractivity contribution in [3.8, 4) is 5.75 Å². The van der Waals surface area contributed by atoms with Gasteiger partial charge in [0.05, 0.1) is 24.4 Å². The largest absolute Gasteiger partial charge is 0.491 e. The third kappa shape index (κ3) is 6.00. The molecule has 2 aromatic rings. The average molecular weight is 426 g/mol. The van der Waals surface area contributed by atoms with Crippen LogP contribution in [0.3, 0.4) is 0 Å². The van der Waals surface area contributed by atoms with E-state index in [1.807, 2.05) is 0 Å². The summed E-state index contributed by atoms with van der Waals surface area (Å²) in [5.41, 5.74) is 3.33. The summed E-state index contributed by atoms with van der Waals surface area (Å²) in [5, 5.41) is 11.5. The topological polar surface area (TPSA) is 72.7 Å². The molecule has 1 aliphatic carbocycles. The van der Waals surface area contributed by atoms with E-state index in [0.717, 1.165) is 42.4 Å². The number of rotatable bonds is 8. The molecule has 2 aliphatic rings. The van der Waals surface area contributed by atoms with Crippen molar-refractivity contribution in [2.45, 2.75) is 70.7 Å². The van der Waals surface area contributed by atoms with Gasteiger partial charge in [-0.05, 0) is 50.3 Å². The molecule has 0 amide bonds. The maximum atomic E-state index is 6.11. The van der Waals surface area contributed by atoms with E-state index in [1.165, 1.54) is 31.2 Å². The Morgan fingerprint density at radius 3 is 2.77 bits per heavy atom. The molecule has 0 spiro atoms. The first kappa shape index (κ1) is 21.7. The van der Waals surface area contributed by atoms with Crippen LogP contribution in [0.2, 0.25) is 0 Å². The summed E-state index contributed by atoms with van der Waals surface area (Å²) < 4.78 is 13.9. The SMILES string of the molecule is CN=C(NCc1ccn(C2CCCC2)n1)NCc1ccc(C)cc1OCC1CCCO1. The van der Waals surface area contributed by atoms with Crippen LogP contribution < -0.4 is 15.4 Å². The summed E-state index contributed by atoms with van der Waals surface area (Å²) in [7, 11) is 1.79. The van der Waals surface area contributed by atoms with Gasteiger partial charge in [0.15, 0.2) is 5.96 Å². The molecule has 31 heavy (non-hydrogen) atoms. The molecule has 0 radical (unpaired) electrons. The van der Waals surface area contributed by atoms with Crippen LogP contribution in [-0.2, 0) is 17.8 Å². The quantitative estimate of drug-likeness (QED) is 0.498. The predicted octanol–water partition coefficient (Wildman–Crippen LogP) is 3.73. The highest BCUT2D eigenvalue weighted by molar-refractivity contribution is 5.79. The fraction of sp³-hybridized carbons (Fsp3) is 0.583. The van der Waals surface area contributed by atoms with Crippen molar-refractivity contribution in [3.05, 3.63) is 47.3 Å². The van der Waals surface area contributed by atoms with Crippen molar-refractivity contribution >= 4 is 5.96 Å².